The van der Waals surface area contributed by atoms with E-state index >= 15 is 0 Å². The molecule has 2 N–H and O–H groups in total. The summed E-state index contributed by atoms with van der Waals surface area (Å²) in [5, 5.41) is 13.3. The predicted octanol–water partition coefficient (Wildman–Crippen LogP) is 1.30. The van der Waals surface area contributed by atoms with Crippen LogP contribution >= 0.6 is 0 Å². The number of rotatable bonds is 5. The molecule has 0 aromatic carbocycles. The molecule has 3 unspecified atom stereocenters. The van der Waals surface area contributed by atoms with E-state index in [9.17, 15) is 5.11 Å². The van der Waals surface area contributed by atoms with Crippen LogP contribution < -0.4 is 5.32 Å². The molecule has 0 amide bonds. The Bertz CT molecular complexity index is 152. The summed E-state index contributed by atoms with van der Waals surface area (Å²) in [4.78, 5) is 0. The highest BCUT2D eigenvalue weighted by Crippen LogP contribution is 2.19. The molecule has 1 saturated carbocycles. The van der Waals surface area contributed by atoms with Crippen LogP contribution in [0.1, 0.15) is 39.0 Å². The van der Waals surface area contributed by atoms with Gasteiger partial charge in [-0.15, -0.1) is 0 Å². The third-order valence-electron chi connectivity index (χ3n) is 3.04. The van der Waals surface area contributed by atoms with Crippen LogP contribution in [0, 0.1) is 0 Å². The Morgan fingerprint density at radius 1 is 1.43 bits per heavy atom. The summed E-state index contributed by atoms with van der Waals surface area (Å²) in [6, 6.07) is 0.668. The predicted molar refractivity (Wildman–Crippen MR) is 57.4 cm³/mol. The summed E-state index contributed by atoms with van der Waals surface area (Å²) < 4.78 is 5.13. The van der Waals surface area contributed by atoms with Crippen LogP contribution in [-0.4, -0.2) is 37.0 Å². The van der Waals surface area contributed by atoms with Gasteiger partial charge in [-0.05, 0) is 19.3 Å². The van der Waals surface area contributed by atoms with Crippen molar-refractivity contribution in [2.24, 2.45) is 0 Å². The molecule has 1 aliphatic rings. The van der Waals surface area contributed by atoms with E-state index < -0.39 is 0 Å². The van der Waals surface area contributed by atoms with Gasteiger partial charge >= 0.3 is 0 Å². The van der Waals surface area contributed by atoms with E-state index in [1.54, 1.807) is 7.11 Å². The molecule has 3 heteroatoms. The number of nitrogens with one attached hydrogen (secondary N) is 1. The standard InChI is InChI=1S/C11H23NO2/c1-3-9(8-14-2)12-10-6-4-5-7-11(10)13/h9-13H,3-8H2,1-2H3. The van der Waals surface area contributed by atoms with Gasteiger partial charge in [0.15, 0.2) is 0 Å². The number of ether oxygens (including phenoxy) is 1. The third-order valence-corrected chi connectivity index (χ3v) is 3.04. The van der Waals surface area contributed by atoms with Crippen molar-refractivity contribution in [2.75, 3.05) is 13.7 Å². The third kappa shape index (κ3) is 3.56. The minimum Gasteiger partial charge on any atom is -0.392 e. The Balaban J connectivity index is 2.31. The van der Waals surface area contributed by atoms with Crippen LogP contribution in [0.5, 0.6) is 0 Å². The van der Waals surface area contributed by atoms with Crippen LogP contribution in [0.3, 0.4) is 0 Å². The molecule has 84 valence electrons. The summed E-state index contributed by atoms with van der Waals surface area (Å²) in [6.07, 6.45) is 5.34. The summed E-state index contributed by atoms with van der Waals surface area (Å²) in [5.74, 6) is 0. The van der Waals surface area contributed by atoms with Gasteiger partial charge in [-0.25, -0.2) is 0 Å². The molecule has 3 atom stereocenters. The fourth-order valence-electron chi connectivity index (χ4n) is 2.09. The molecule has 0 aromatic rings. The molecule has 0 aromatic heterocycles. The van der Waals surface area contributed by atoms with Crippen molar-refractivity contribution >= 4 is 0 Å². The van der Waals surface area contributed by atoms with E-state index in [2.05, 4.69) is 12.2 Å². The van der Waals surface area contributed by atoms with Crippen molar-refractivity contribution in [1.29, 1.82) is 0 Å². The highest BCUT2D eigenvalue weighted by Gasteiger charge is 2.24. The van der Waals surface area contributed by atoms with Crippen molar-refractivity contribution in [2.45, 2.75) is 57.2 Å². The van der Waals surface area contributed by atoms with E-state index in [1.165, 1.54) is 12.8 Å². The van der Waals surface area contributed by atoms with Gasteiger partial charge in [-0.3, -0.25) is 0 Å². The maximum Gasteiger partial charge on any atom is 0.0693 e. The Morgan fingerprint density at radius 3 is 2.71 bits per heavy atom. The maximum atomic E-state index is 9.78. The lowest BCUT2D eigenvalue weighted by Gasteiger charge is -2.31. The lowest BCUT2D eigenvalue weighted by molar-refractivity contribution is 0.0725. The van der Waals surface area contributed by atoms with Gasteiger partial charge in [0.1, 0.15) is 0 Å². The van der Waals surface area contributed by atoms with Gasteiger partial charge in [-0.2, -0.15) is 0 Å². The topological polar surface area (TPSA) is 41.5 Å². The van der Waals surface area contributed by atoms with Gasteiger partial charge < -0.3 is 15.2 Å². The monoisotopic (exact) mass is 201 g/mol. The zero-order valence-electron chi connectivity index (χ0n) is 9.33. The highest BCUT2D eigenvalue weighted by atomic mass is 16.5. The molecule has 0 aliphatic heterocycles. The van der Waals surface area contributed by atoms with Crippen LogP contribution in [0.2, 0.25) is 0 Å². The minimum absolute atomic E-state index is 0.158. The van der Waals surface area contributed by atoms with Gasteiger partial charge in [0, 0.05) is 19.2 Å². The van der Waals surface area contributed by atoms with E-state index in [0.717, 1.165) is 25.9 Å². The Hall–Kier alpha value is -0.120. The van der Waals surface area contributed by atoms with Gasteiger partial charge in [-0.1, -0.05) is 19.8 Å². The van der Waals surface area contributed by atoms with Crippen molar-refractivity contribution in [1.82, 2.24) is 5.32 Å². The lowest BCUT2D eigenvalue weighted by atomic mass is 9.92. The second-order valence-electron chi connectivity index (χ2n) is 4.19. The van der Waals surface area contributed by atoms with Crippen LogP contribution in [0.4, 0.5) is 0 Å². The van der Waals surface area contributed by atoms with Crippen molar-refractivity contribution in [3.05, 3.63) is 0 Å². The van der Waals surface area contributed by atoms with E-state index in [-0.39, 0.29) is 12.1 Å². The smallest absolute Gasteiger partial charge is 0.0693 e. The van der Waals surface area contributed by atoms with Gasteiger partial charge in [0.2, 0.25) is 0 Å². The number of hydrogen-bond acceptors (Lipinski definition) is 3. The van der Waals surface area contributed by atoms with E-state index in [0.29, 0.717) is 6.04 Å². The van der Waals surface area contributed by atoms with Crippen molar-refractivity contribution in [3.8, 4) is 0 Å². The second-order valence-corrected chi connectivity index (χ2v) is 4.19. The number of hydrogen-bond donors (Lipinski definition) is 2. The number of aliphatic hydroxyl groups excluding tert-OH is 1. The van der Waals surface area contributed by atoms with Gasteiger partial charge in [0.25, 0.3) is 0 Å². The summed E-state index contributed by atoms with van der Waals surface area (Å²) in [5.41, 5.74) is 0. The Labute approximate surface area is 86.8 Å². The first kappa shape index (κ1) is 12.0. The highest BCUT2D eigenvalue weighted by molar-refractivity contribution is 4.83. The Morgan fingerprint density at radius 2 is 2.14 bits per heavy atom. The quantitative estimate of drug-likeness (QED) is 0.704. The second kappa shape index (κ2) is 6.38. The van der Waals surface area contributed by atoms with E-state index in [1.807, 2.05) is 0 Å². The molecule has 1 rings (SSSR count). The summed E-state index contributed by atoms with van der Waals surface area (Å²) in [6.45, 7) is 2.88. The van der Waals surface area contributed by atoms with Crippen LogP contribution in [-0.2, 0) is 4.74 Å². The lowest BCUT2D eigenvalue weighted by Crippen LogP contribution is -2.48. The summed E-state index contributed by atoms with van der Waals surface area (Å²) in [7, 11) is 1.72. The first-order valence-corrected chi connectivity index (χ1v) is 5.71. The minimum atomic E-state index is -0.158. The molecule has 3 nitrogen and oxygen atoms in total. The fourth-order valence-corrected chi connectivity index (χ4v) is 2.09. The molecule has 0 spiro atoms. The first-order chi connectivity index (χ1) is 6.77. The van der Waals surface area contributed by atoms with E-state index in [4.69, 9.17) is 4.74 Å². The fraction of sp³-hybridized carbons (Fsp3) is 1.00. The molecule has 0 heterocycles. The molecule has 1 aliphatic carbocycles. The average molecular weight is 201 g/mol. The zero-order valence-corrected chi connectivity index (χ0v) is 9.33. The molecule has 0 saturated heterocycles. The number of methoxy groups -OCH3 is 1. The average Bonchev–Trinajstić information content (AvgIpc) is 2.20. The van der Waals surface area contributed by atoms with Crippen molar-refractivity contribution < 1.29 is 9.84 Å². The largest absolute Gasteiger partial charge is 0.392 e. The maximum absolute atomic E-state index is 9.78. The first-order valence-electron chi connectivity index (χ1n) is 5.71. The SMILES string of the molecule is CCC(COC)NC1CCCCC1O. The molecular weight excluding hydrogens is 178 g/mol. The molecule has 14 heavy (non-hydrogen) atoms. The van der Waals surface area contributed by atoms with Gasteiger partial charge in [0.05, 0.1) is 12.7 Å². The number of aliphatic hydroxyl groups is 1. The molecule has 0 bridgehead atoms. The normalized spacial score (nSPS) is 30.2. The molecule has 0 radical (unpaired) electrons. The summed E-state index contributed by atoms with van der Waals surface area (Å²) >= 11 is 0. The van der Waals surface area contributed by atoms with Crippen LogP contribution in [0.15, 0.2) is 0 Å². The van der Waals surface area contributed by atoms with Crippen LogP contribution in [0.25, 0.3) is 0 Å². The van der Waals surface area contributed by atoms with Crippen molar-refractivity contribution in [3.63, 3.8) is 0 Å². The molecule has 1 fully saturated rings. The zero-order chi connectivity index (χ0) is 10.4. The molecular formula is C11H23NO2. The Kier molecular flexibility index (Phi) is 5.45.